The fraction of sp³-hybridized carbons (Fsp3) is 0.346. The fourth-order valence-corrected chi connectivity index (χ4v) is 4.41. The molecular weight excluding hydrogens is 419 g/mol. The van der Waals surface area contributed by atoms with Crippen LogP contribution in [-0.4, -0.2) is 58.0 Å². The normalized spacial score (nSPS) is 16.7. The monoisotopic (exact) mass is 448 g/mol. The number of nitrogens with zero attached hydrogens (tertiary/aromatic N) is 3. The van der Waals surface area contributed by atoms with Gasteiger partial charge in [0.1, 0.15) is 5.82 Å². The molecule has 1 aliphatic heterocycles. The lowest BCUT2D eigenvalue weighted by Crippen LogP contribution is -2.38. The lowest BCUT2D eigenvalue weighted by molar-refractivity contribution is -0.134. The lowest BCUT2D eigenvalue weighted by atomic mass is 9.95. The van der Waals surface area contributed by atoms with Gasteiger partial charge in [0.25, 0.3) is 5.91 Å². The molecule has 1 N–H and O–H groups in total. The molecule has 0 saturated carbocycles. The Kier molecular flexibility index (Phi) is 6.87. The molecule has 0 spiro atoms. The van der Waals surface area contributed by atoms with Crippen LogP contribution in [0.5, 0.6) is 0 Å². The molecule has 3 aromatic rings. The van der Waals surface area contributed by atoms with Gasteiger partial charge >= 0.3 is 0 Å². The van der Waals surface area contributed by atoms with Crippen molar-refractivity contribution in [3.63, 3.8) is 0 Å². The van der Waals surface area contributed by atoms with Crippen LogP contribution >= 0.6 is 0 Å². The van der Waals surface area contributed by atoms with Crippen LogP contribution in [0.15, 0.2) is 54.7 Å². The van der Waals surface area contributed by atoms with Gasteiger partial charge in [-0.2, -0.15) is 5.10 Å². The van der Waals surface area contributed by atoms with Crippen molar-refractivity contribution in [3.05, 3.63) is 77.4 Å². The van der Waals surface area contributed by atoms with Crippen molar-refractivity contribution < 1.29 is 14.0 Å². The molecule has 7 heteroatoms. The van der Waals surface area contributed by atoms with Gasteiger partial charge in [0.05, 0.1) is 17.7 Å². The van der Waals surface area contributed by atoms with Gasteiger partial charge in [0, 0.05) is 37.4 Å². The molecule has 172 valence electrons. The first-order valence-corrected chi connectivity index (χ1v) is 11.4. The van der Waals surface area contributed by atoms with Gasteiger partial charge in [-0.15, -0.1) is 0 Å². The molecule has 6 nitrogen and oxygen atoms in total. The second-order valence-electron chi connectivity index (χ2n) is 8.56. The topological polar surface area (TPSA) is 69.3 Å². The van der Waals surface area contributed by atoms with E-state index in [0.717, 1.165) is 23.2 Å². The minimum Gasteiger partial charge on any atom is -0.341 e. The van der Waals surface area contributed by atoms with Crippen molar-refractivity contribution >= 4 is 11.8 Å². The Hall–Kier alpha value is -3.48. The Morgan fingerprint density at radius 1 is 1.15 bits per heavy atom. The highest BCUT2D eigenvalue weighted by atomic mass is 19.1. The summed E-state index contributed by atoms with van der Waals surface area (Å²) in [5.74, 6) is -0.626. The first-order chi connectivity index (χ1) is 16.0. The third kappa shape index (κ3) is 4.97. The highest BCUT2D eigenvalue weighted by Crippen LogP contribution is 2.25. The summed E-state index contributed by atoms with van der Waals surface area (Å²) in [4.78, 5) is 30.1. The van der Waals surface area contributed by atoms with E-state index in [4.69, 9.17) is 0 Å². The zero-order chi connectivity index (χ0) is 23.4. The summed E-state index contributed by atoms with van der Waals surface area (Å²) in [6.07, 6.45) is 2.93. The number of hydrogen-bond acceptors (Lipinski definition) is 3. The van der Waals surface area contributed by atoms with E-state index >= 15 is 0 Å². The van der Waals surface area contributed by atoms with Crippen LogP contribution in [0.2, 0.25) is 0 Å². The molecular formula is C26H29FN4O2. The van der Waals surface area contributed by atoms with Crippen LogP contribution in [0.25, 0.3) is 11.1 Å². The molecule has 0 bridgehead atoms. The zero-order valence-electron chi connectivity index (χ0n) is 19.1. The standard InChI is InChI=1S/C26H29FN4O2/c1-3-12-30-13-14-31(26(33)23-16-28-29-18(23)2)17-21(25(30)32)15-19-8-10-20(11-9-19)22-6-4-5-7-24(22)27/h4-11,16,21H,3,12-15,17H2,1-2H3,(H,28,29)/t21-/m1/s1. The number of carbonyl (C=O) groups excluding carboxylic acids is 2. The van der Waals surface area contributed by atoms with E-state index in [1.165, 1.54) is 6.07 Å². The SMILES string of the molecule is CCCN1CCN(C(=O)c2cn[nH]c2C)C[C@@H](Cc2ccc(-c3ccccc3F)cc2)C1=O. The van der Waals surface area contributed by atoms with Crippen molar-refractivity contribution in [2.75, 3.05) is 26.2 Å². The molecule has 2 heterocycles. The molecule has 2 aromatic carbocycles. The number of H-pyrrole nitrogens is 1. The summed E-state index contributed by atoms with van der Waals surface area (Å²) in [6.45, 7) is 5.93. The quantitative estimate of drug-likeness (QED) is 0.618. The predicted octanol–water partition coefficient (Wildman–Crippen LogP) is 4.08. The highest BCUT2D eigenvalue weighted by Gasteiger charge is 2.33. The van der Waals surface area contributed by atoms with E-state index in [1.807, 2.05) is 49.1 Å². The Bertz CT molecular complexity index is 1130. The van der Waals surface area contributed by atoms with Crippen molar-refractivity contribution in [2.24, 2.45) is 5.92 Å². The van der Waals surface area contributed by atoms with Gasteiger partial charge in [-0.1, -0.05) is 49.4 Å². The Morgan fingerprint density at radius 3 is 2.58 bits per heavy atom. The van der Waals surface area contributed by atoms with E-state index in [2.05, 4.69) is 10.2 Å². The molecule has 1 atom stereocenters. The van der Waals surface area contributed by atoms with Crippen LogP contribution in [0, 0.1) is 18.7 Å². The van der Waals surface area contributed by atoms with Gasteiger partial charge < -0.3 is 9.80 Å². The summed E-state index contributed by atoms with van der Waals surface area (Å²) in [5, 5.41) is 6.78. The molecule has 1 saturated heterocycles. The van der Waals surface area contributed by atoms with E-state index in [0.29, 0.717) is 43.7 Å². The molecule has 33 heavy (non-hydrogen) atoms. The van der Waals surface area contributed by atoms with E-state index in [1.54, 1.807) is 23.2 Å². The summed E-state index contributed by atoms with van der Waals surface area (Å²) < 4.78 is 14.1. The molecule has 0 aliphatic carbocycles. The average Bonchev–Trinajstić information content (AvgIpc) is 3.19. The molecule has 1 fully saturated rings. The van der Waals surface area contributed by atoms with E-state index < -0.39 is 0 Å². The summed E-state index contributed by atoms with van der Waals surface area (Å²) >= 11 is 0. The van der Waals surface area contributed by atoms with Gasteiger partial charge in [-0.25, -0.2) is 4.39 Å². The molecule has 0 radical (unpaired) electrons. The largest absolute Gasteiger partial charge is 0.341 e. The van der Waals surface area contributed by atoms with Crippen LogP contribution in [0.1, 0.15) is 35.0 Å². The maximum absolute atomic E-state index is 14.1. The third-order valence-electron chi connectivity index (χ3n) is 6.20. The fourth-order valence-electron chi connectivity index (χ4n) is 4.41. The number of amides is 2. The molecule has 1 aromatic heterocycles. The van der Waals surface area contributed by atoms with Crippen molar-refractivity contribution in [1.82, 2.24) is 20.0 Å². The number of carbonyl (C=O) groups is 2. The smallest absolute Gasteiger partial charge is 0.257 e. The van der Waals surface area contributed by atoms with Crippen LogP contribution in [-0.2, 0) is 11.2 Å². The number of aromatic nitrogens is 2. The predicted molar refractivity (Wildman–Crippen MR) is 125 cm³/mol. The number of nitrogens with one attached hydrogen (secondary N) is 1. The zero-order valence-corrected chi connectivity index (χ0v) is 19.1. The molecule has 2 amide bonds. The molecule has 1 aliphatic rings. The minimum atomic E-state index is -0.338. The third-order valence-corrected chi connectivity index (χ3v) is 6.20. The Morgan fingerprint density at radius 2 is 1.91 bits per heavy atom. The van der Waals surface area contributed by atoms with Crippen LogP contribution in [0.3, 0.4) is 0 Å². The van der Waals surface area contributed by atoms with Crippen molar-refractivity contribution in [2.45, 2.75) is 26.7 Å². The Balaban J connectivity index is 1.55. The number of rotatable bonds is 6. The number of benzene rings is 2. The Labute approximate surface area is 193 Å². The highest BCUT2D eigenvalue weighted by molar-refractivity contribution is 5.95. The van der Waals surface area contributed by atoms with Crippen LogP contribution in [0.4, 0.5) is 4.39 Å². The van der Waals surface area contributed by atoms with Gasteiger partial charge in [-0.05, 0) is 37.0 Å². The lowest BCUT2D eigenvalue weighted by Gasteiger charge is -2.24. The van der Waals surface area contributed by atoms with Gasteiger partial charge in [0.15, 0.2) is 0 Å². The first-order valence-electron chi connectivity index (χ1n) is 11.4. The number of hydrogen-bond donors (Lipinski definition) is 1. The number of aromatic amines is 1. The molecule has 0 unspecified atom stereocenters. The van der Waals surface area contributed by atoms with Gasteiger partial charge in [-0.3, -0.25) is 14.7 Å². The second kappa shape index (κ2) is 9.98. The number of aryl methyl sites for hydroxylation is 1. The summed E-state index contributed by atoms with van der Waals surface area (Å²) in [5.41, 5.74) is 3.60. The van der Waals surface area contributed by atoms with E-state index in [9.17, 15) is 14.0 Å². The van der Waals surface area contributed by atoms with Crippen LogP contribution < -0.4 is 0 Å². The molecule has 4 rings (SSSR count). The first kappa shape index (κ1) is 22.7. The maximum atomic E-state index is 14.1. The minimum absolute atomic E-state index is 0.0780. The van der Waals surface area contributed by atoms with Crippen molar-refractivity contribution in [1.29, 1.82) is 0 Å². The average molecular weight is 449 g/mol. The number of halogens is 1. The summed E-state index contributed by atoms with van der Waals surface area (Å²) in [6, 6.07) is 14.3. The van der Waals surface area contributed by atoms with Gasteiger partial charge in [0.2, 0.25) is 5.91 Å². The summed E-state index contributed by atoms with van der Waals surface area (Å²) in [7, 11) is 0. The second-order valence-corrected chi connectivity index (χ2v) is 8.56. The van der Waals surface area contributed by atoms with Crippen molar-refractivity contribution in [3.8, 4) is 11.1 Å². The van der Waals surface area contributed by atoms with E-state index in [-0.39, 0.29) is 23.5 Å². The maximum Gasteiger partial charge on any atom is 0.257 e.